The van der Waals surface area contributed by atoms with E-state index in [-0.39, 0.29) is 49.1 Å². The zero-order valence-corrected chi connectivity index (χ0v) is 36.8. The fourth-order valence-electron chi connectivity index (χ4n) is 6.55. The summed E-state index contributed by atoms with van der Waals surface area (Å²) >= 11 is 0. The van der Waals surface area contributed by atoms with Crippen LogP contribution >= 0.6 is 0 Å². The van der Waals surface area contributed by atoms with E-state index in [4.69, 9.17) is 14.2 Å². The van der Waals surface area contributed by atoms with Gasteiger partial charge in [-0.1, -0.05) is 184 Å². The Morgan fingerprint density at radius 2 is 1.00 bits per heavy atom. The Bertz CT molecular complexity index is 1060. The Hall–Kier alpha value is -2.71. The molecule has 0 rings (SSSR count). The van der Waals surface area contributed by atoms with Crippen molar-refractivity contribution >= 4 is 17.9 Å². The smallest absolute Gasteiger partial charge is 0.306 e. The second kappa shape index (κ2) is 39.1. The highest BCUT2D eigenvalue weighted by molar-refractivity contribution is 5.70. The Labute approximate surface area is 344 Å². The third-order valence-corrected chi connectivity index (χ3v) is 10.1. The maximum Gasteiger partial charge on any atom is 0.306 e. The van der Waals surface area contributed by atoms with Crippen molar-refractivity contribution in [1.82, 2.24) is 0 Å². The van der Waals surface area contributed by atoms with Crippen molar-refractivity contribution in [1.29, 1.82) is 0 Å². The number of unbranched alkanes of at least 4 members (excludes halogenated alkanes) is 21. The van der Waals surface area contributed by atoms with Crippen LogP contribution in [-0.4, -0.2) is 75.5 Å². The number of rotatable bonds is 40. The summed E-state index contributed by atoms with van der Waals surface area (Å²) < 4.78 is 17.1. The van der Waals surface area contributed by atoms with E-state index in [0.717, 1.165) is 44.9 Å². The predicted octanol–water partition coefficient (Wildman–Crippen LogP) is 11.1. The first-order chi connectivity index (χ1) is 27.1. The molecule has 324 valence electrons. The first kappa shape index (κ1) is 53.3. The fraction of sp³-hybridized carbons (Fsp3) is 0.771. The van der Waals surface area contributed by atoms with Crippen LogP contribution in [-0.2, 0) is 28.6 Å². The second-order valence-electron chi connectivity index (χ2n) is 16.4. The average Bonchev–Trinajstić information content (AvgIpc) is 3.15. The van der Waals surface area contributed by atoms with Crippen molar-refractivity contribution in [3.63, 3.8) is 0 Å². The average molecular weight is 788 g/mol. The number of hydrogen-bond acceptors (Lipinski definition) is 7. The van der Waals surface area contributed by atoms with E-state index < -0.39 is 18.1 Å². The monoisotopic (exact) mass is 788 g/mol. The molecule has 8 nitrogen and oxygen atoms in total. The lowest BCUT2D eigenvalue weighted by molar-refractivity contribution is -0.889. The van der Waals surface area contributed by atoms with Crippen LogP contribution in [0.4, 0.5) is 0 Å². The van der Waals surface area contributed by atoms with Crippen LogP contribution in [0.5, 0.6) is 0 Å². The van der Waals surface area contributed by atoms with E-state index in [0.29, 0.717) is 12.8 Å². The summed E-state index contributed by atoms with van der Waals surface area (Å²) in [5.74, 6) is -1.78. The number of carboxylic acids is 1. The van der Waals surface area contributed by atoms with Crippen molar-refractivity contribution in [2.75, 3.05) is 41.0 Å². The van der Waals surface area contributed by atoms with Gasteiger partial charge in [-0.3, -0.25) is 9.59 Å². The normalized spacial score (nSPS) is 13.4. The summed E-state index contributed by atoms with van der Waals surface area (Å²) in [5.41, 5.74) is 0. The van der Waals surface area contributed by atoms with Gasteiger partial charge in [-0.25, -0.2) is 0 Å². The van der Waals surface area contributed by atoms with Crippen LogP contribution in [0.1, 0.15) is 187 Å². The van der Waals surface area contributed by atoms with Gasteiger partial charge in [0.15, 0.2) is 6.10 Å². The van der Waals surface area contributed by atoms with E-state index in [1.54, 1.807) is 21.1 Å². The molecule has 0 aromatic carbocycles. The zero-order chi connectivity index (χ0) is 41.4. The molecule has 8 heteroatoms. The van der Waals surface area contributed by atoms with E-state index in [2.05, 4.69) is 26.0 Å². The molecule has 2 unspecified atom stereocenters. The molecule has 0 aliphatic rings. The lowest BCUT2D eigenvalue weighted by Crippen LogP contribution is -2.55. The fourth-order valence-corrected chi connectivity index (χ4v) is 6.55. The van der Waals surface area contributed by atoms with E-state index in [1.165, 1.54) is 103 Å². The lowest BCUT2D eigenvalue weighted by Gasteiger charge is -2.34. The molecule has 0 bridgehead atoms. The van der Waals surface area contributed by atoms with Crippen molar-refractivity contribution in [2.45, 2.75) is 199 Å². The van der Waals surface area contributed by atoms with Gasteiger partial charge in [-0.2, -0.15) is 0 Å². The molecule has 0 saturated heterocycles. The van der Waals surface area contributed by atoms with Gasteiger partial charge in [0.1, 0.15) is 12.6 Å². The summed E-state index contributed by atoms with van der Waals surface area (Å²) in [6.07, 6.45) is 45.7. The van der Waals surface area contributed by atoms with Gasteiger partial charge in [0.05, 0.1) is 40.3 Å². The second-order valence-corrected chi connectivity index (χ2v) is 16.4. The topological polar surface area (TPSA) is 102 Å². The van der Waals surface area contributed by atoms with E-state index >= 15 is 0 Å². The van der Waals surface area contributed by atoms with E-state index in [1.807, 2.05) is 36.5 Å². The highest BCUT2D eigenvalue weighted by atomic mass is 16.6. The Morgan fingerprint density at radius 3 is 1.48 bits per heavy atom. The minimum atomic E-state index is -1.13. The largest absolute Gasteiger partial charge is 0.544 e. The molecule has 0 N–H and O–H groups in total. The van der Waals surface area contributed by atoms with Crippen LogP contribution in [0.25, 0.3) is 0 Å². The molecule has 0 spiro atoms. The Kier molecular flexibility index (Phi) is 37.2. The first-order valence-corrected chi connectivity index (χ1v) is 22.7. The number of quaternary nitrogens is 1. The van der Waals surface area contributed by atoms with Crippen LogP contribution in [0, 0.1) is 0 Å². The van der Waals surface area contributed by atoms with Gasteiger partial charge in [0, 0.05) is 19.3 Å². The summed E-state index contributed by atoms with van der Waals surface area (Å²) in [4.78, 5) is 36.8. The maximum atomic E-state index is 12.7. The molecule has 56 heavy (non-hydrogen) atoms. The Morgan fingerprint density at radius 1 is 0.554 bits per heavy atom. The molecule has 0 aliphatic carbocycles. The number of aliphatic carboxylic acids is 1. The number of hydrogen-bond donors (Lipinski definition) is 0. The third kappa shape index (κ3) is 36.9. The number of esters is 2. The SMILES string of the molecule is CC/C=C/C=C/C=C/C=C/CCCCCC(=O)OC(COCCC(C(=O)[O-])[N+](C)(C)C)COC(=O)CCCCCCCCCCCCCCCCCCCCC. The number of likely N-dealkylation sites (N-methyl/N-ethyl adjacent to an activating group) is 1. The molecule has 2 atom stereocenters. The number of allylic oxidation sites excluding steroid dienone is 8. The number of carbonyl (C=O) groups excluding carboxylic acids is 3. The lowest BCUT2D eigenvalue weighted by atomic mass is 10.0. The minimum absolute atomic E-state index is 0.0254. The zero-order valence-electron chi connectivity index (χ0n) is 36.8. The minimum Gasteiger partial charge on any atom is -0.544 e. The summed E-state index contributed by atoms with van der Waals surface area (Å²) in [6, 6.07) is -0.733. The first-order valence-electron chi connectivity index (χ1n) is 22.7. The van der Waals surface area contributed by atoms with Gasteiger partial charge in [0.25, 0.3) is 0 Å². The van der Waals surface area contributed by atoms with Gasteiger partial charge in [-0.05, 0) is 32.1 Å². The molecule has 0 aromatic rings. The van der Waals surface area contributed by atoms with Gasteiger partial charge in [-0.15, -0.1) is 0 Å². The van der Waals surface area contributed by atoms with Crippen LogP contribution in [0.3, 0.4) is 0 Å². The van der Waals surface area contributed by atoms with Crippen LogP contribution in [0.2, 0.25) is 0 Å². The van der Waals surface area contributed by atoms with Crippen molar-refractivity contribution < 1.29 is 38.2 Å². The third-order valence-electron chi connectivity index (χ3n) is 10.1. The standard InChI is InChI=1S/C48H85NO7/c1-6-8-10-12-14-16-18-20-21-22-23-24-25-27-28-30-32-34-36-38-46(50)55-43-44(42-54-41-40-45(48(52)53)49(3,4)5)56-47(51)39-37-35-33-31-29-26-19-17-15-13-11-9-7-2/h9,11,13,15,17,19,26,29,44-45H,6-8,10,12,14,16,18,20-25,27-28,30-43H2,1-5H3/b11-9+,15-13+,19-17+,29-26+. The van der Waals surface area contributed by atoms with E-state index in [9.17, 15) is 19.5 Å². The number of ether oxygens (including phenoxy) is 3. The van der Waals surface area contributed by atoms with Crippen molar-refractivity contribution in [2.24, 2.45) is 0 Å². The van der Waals surface area contributed by atoms with Gasteiger partial charge in [0.2, 0.25) is 0 Å². The van der Waals surface area contributed by atoms with Gasteiger partial charge < -0.3 is 28.6 Å². The van der Waals surface area contributed by atoms with Crippen molar-refractivity contribution in [3.05, 3.63) is 48.6 Å². The molecule has 0 saturated carbocycles. The molecule has 0 fully saturated rings. The predicted molar refractivity (Wildman–Crippen MR) is 231 cm³/mol. The molecule has 0 radical (unpaired) electrons. The molecular formula is C48H85NO7. The maximum absolute atomic E-state index is 12.7. The summed E-state index contributed by atoms with van der Waals surface area (Å²) in [7, 11) is 5.39. The highest BCUT2D eigenvalue weighted by Crippen LogP contribution is 2.15. The van der Waals surface area contributed by atoms with Crippen LogP contribution in [0.15, 0.2) is 48.6 Å². The van der Waals surface area contributed by atoms with Crippen LogP contribution < -0.4 is 5.11 Å². The molecule has 0 aromatic heterocycles. The molecule has 0 aliphatic heterocycles. The quantitative estimate of drug-likeness (QED) is 0.0264. The number of carboxylic acid groups (broad SMARTS) is 1. The van der Waals surface area contributed by atoms with Crippen molar-refractivity contribution in [3.8, 4) is 0 Å². The Balaban J connectivity index is 4.31. The molecular weight excluding hydrogens is 703 g/mol. The van der Waals surface area contributed by atoms with Gasteiger partial charge >= 0.3 is 11.9 Å². The number of nitrogens with zero attached hydrogens (tertiary/aromatic N) is 1. The molecule has 0 heterocycles. The summed E-state index contributed by atoms with van der Waals surface area (Å²) in [5, 5.41) is 11.6. The number of carbonyl (C=O) groups is 3. The highest BCUT2D eigenvalue weighted by Gasteiger charge is 2.25. The molecule has 0 amide bonds. The summed E-state index contributed by atoms with van der Waals surface area (Å²) in [6.45, 7) is 4.49.